The van der Waals surface area contributed by atoms with Gasteiger partial charge in [-0.2, -0.15) is 4.68 Å². The first-order valence-electron chi connectivity index (χ1n) is 7.42. The molecule has 1 heterocycles. The molecule has 25 heavy (non-hydrogen) atoms. The Morgan fingerprint density at radius 2 is 1.76 bits per heavy atom. The van der Waals surface area contributed by atoms with Gasteiger partial charge in [-0.05, 0) is 53.7 Å². The van der Waals surface area contributed by atoms with Crippen molar-refractivity contribution in [3.63, 3.8) is 0 Å². The first kappa shape index (κ1) is 18.1. The molecule has 6 nitrogen and oxygen atoms in total. The fraction of sp³-hybridized carbons (Fsp3) is 0.188. The van der Waals surface area contributed by atoms with Gasteiger partial charge in [0.1, 0.15) is 0 Å². The summed E-state index contributed by atoms with van der Waals surface area (Å²) in [5.74, 6) is 0.380. The molecule has 3 rings (SSSR count). The third-order valence-electron chi connectivity index (χ3n) is 3.48. The standard InChI is InChI=1S/C16H15BrN4O2S2/c1-12-2-6-14(7-3-12)21-16(18-19-20-21)24-10-11-25(22,23)15-8-4-13(17)5-9-15/h2-9H,10-11H2,1H3. The van der Waals surface area contributed by atoms with E-state index in [1.165, 1.54) is 11.8 Å². The zero-order valence-corrected chi connectivity index (χ0v) is 16.6. The van der Waals surface area contributed by atoms with Crippen molar-refractivity contribution in [1.29, 1.82) is 0 Å². The lowest BCUT2D eigenvalue weighted by Gasteiger charge is -2.06. The van der Waals surface area contributed by atoms with Crippen LogP contribution in [0.3, 0.4) is 0 Å². The van der Waals surface area contributed by atoms with Crippen LogP contribution < -0.4 is 0 Å². The van der Waals surface area contributed by atoms with Crippen LogP contribution in [0, 0.1) is 6.92 Å². The minimum absolute atomic E-state index is 0.0139. The van der Waals surface area contributed by atoms with Crippen molar-refractivity contribution in [2.45, 2.75) is 17.0 Å². The smallest absolute Gasteiger partial charge is 0.214 e. The lowest BCUT2D eigenvalue weighted by atomic mass is 10.2. The summed E-state index contributed by atoms with van der Waals surface area (Å²) in [6.45, 7) is 2.01. The molecule has 0 spiro atoms. The Morgan fingerprint density at radius 1 is 1.08 bits per heavy atom. The fourth-order valence-corrected chi connectivity index (χ4v) is 4.92. The molecule has 0 aliphatic rings. The third kappa shape index (κ3) is 4.47. The van der Waals surface area contributed by atoms with Gasteiger partial charge < -0.3 is 0 Å². The number of hydrogen-bond donors (Lipinski definition) is 0. The maximum absolute atomic E-state index is 12.4. The first-order valence-corrected chi connectivity index (χ1v) is 10.9. The number of aromatic nitrogens is 4. The summed E-state index contributed by atoms with van der Waals surface area (Å²) in [6, 6.07) is 14.4. The highest BCUT2D eigenvalue weighted by Crippen LogP contribution is 2.21. The molecule has 1 aromatic heterocycles. The highest BCUT2D eigenvalue weighted by Gasteiger charge is 2.16. The maximum Gasteiger partial charge on any atom is 0.214 e. The van der Waals surface area contributed by atoms with Crippen LogP contribution >= 0.6 is 27.7 Å². The Balaban J connectivity index is 1.68. The Kier molecular flexibility index (Phi) is 5.55. The Bertz CT molecular complexity index is 955. The Morgan fingerprint density at radius 3 is 2.44 bits per heavy atom. The predicted octanol–water partition coefficient (Wildman–Crippen LogP) is 3.30. The van der Waals surface area contributed by atoms with Crippen LogP contribution in [0.25, 0.3) is 5.69 Å². The maximum atomic E-state index is 12.4. The predicted molar refractivity (Wildman–Crippen MR) is 101 cm³/mol. The van der Waals surface area contributed by atoms with E-state index in [1.54, 1.807) is 28.9 Å². The molecule has 0 fully saturated rings. The molecule has 9 heteroatoms. The van der Waals surface area contributed by atoms with E-state index in [-0.39, 0.29) is 5.75 Å². The fourth-order valence-electron chi connectivity index (χ4n) is 2.12. The van der Waals surface area contributed by atoms with Gasteiger partial charge in [-0.1, -0.05) is 45.4 Å². The van der Waals surface area contributed by atoms with Crippen molar-refractivity contribution in [3.05, 3.63) is 58.6 Å². The lowest BCUT2D eigenvalue weighted by molar-refractivity contribution is 0.597. The molecule has 0 aliphatic heterocycles. The average molecular weight is 439 g/mol. The van der Waals surface area contributed by atoms with Gasteiger partial charge in [0.25, 0.3) is 0 Å². The van der Waals surface area contributed by atoms with Crippen molar-refractivity contribution in [1.82, 2.24) is 20.2 Å². The van der Waals surface area contributed by atoms with Crippen molar-refractivity contribution >= 4 is 37.5 Å². The topological polar surface area (TPSA) is 77.7 Å². The molecule has 0 unspecified atom stereocenters. The van der Waals surface area contributed by atoms with Crippen molar-refractivity contribution in [2.24, 2.45) is 0 Å². The van der Waals surface area contributed by atoms with Gasteiger partial charge in [0.15, 0.2) is 9.84 Å². The minimum atomic E-state index is -3.33. The molecule has 0 bridgehead atoms. The number of benzene rings is 2. The number of aryl methyl sites for hydroxylation is 1. The molecule has 0 N–H and O–H groups in total. The lowest BCUT2D eigenvalue weighted by Crippen LogP contribution is -2.09. The van der Waals surface area contributed by atoms with E-state index >= 15 is 0 Å². The van der Waals surface area contributed by atoms with Gasteiger partial charge in [-0.15, -0.1) is 5.10 Å². The van der Waals surface area contributed by atoms with E-state index in [0.717, 1.165) is 15.7 Å². The monoisotopic (exact) mass is 438 g/mol. The second kappa shape index (κ2) is 7.67. The molecule has 0 saturated heterocycles. The van der Waals surface area contributed by atoms with Gasteiger partial charge in [0, 0.05) is 10.2 Å². The van der Waals surface area contributed by atoms with E-state index in [4.69, 9.17) is 0 Å². The molecule has 3 aromatic rings. The van der Waals surface area contributed by atoms with Crippen LogP contribution in [0.4, 0.5) is 0 Å². The molecule has 0 atom stereocenters. The first-order chi connectivity index (χ1) is 12.0. The summed E-state index contributed by atoms with van der Waals surface area (Å²) in [7, 11) is -3.33. The molecule has 0 aliphatic carbocycles. The van der Waals surface area contributed by atoms with Crippen LogP contribution in [-0.4, -0.2) is 40.1 Å². The summed E-state index contributed by atoms with van der Waals surface area (Å²) in [5.41, 5.74) is 1.99. The van der Waals surface area contributed by atoms with Crippen LogP contribution in [-0.2, 0) is 9.84 Å². The van der Waals surface area contributed by atoms with E-state index in [9.17, 15) is 8.42 Å². The third-order valence-corrected chi connectivity index (χ3v) is 6.92. The number of nitrogens with zero attached hydrogens (tertiary/aromatic N) is 4. The molecular formula is C16H15BrN4O2S2. The molecule has 0 radical (unpaired) electrons. The largest absolute Gasteiger partial charge is 0.224 e. The summed E-state index contributed by atoms with van der Waals surface area (Å²) in [5, 5.41) is 12.2. The number of halogens is 1. The van der Waals surface area contributed by atoms with Crippen molar-refractivity contribution in [2.75, 3.05) is 11.5 Å². The number of rotatable bonds is 6. The number of sulfone groups is 1. The van der Waals surface area contributed by atoms with Gasteiger partial charge >= 0.3 is 0 Å². The SMILES string of the molecule is Cc1ccc(-n2nnnc2SCCS(=O)(=O)c2ccc(Br)cc2)cc1. The highest BCUT2D eigenvalue weighted by atomic mass is 79.9. The molecular weight excluding hydrogens is 424 g/mol. The van der Waals surface area contributed by atoms with Crippen LogP contribution in [0.5, 0.6) is 0 Å². The van der Waals surface area contributed by atoms with Gasteiger partial charge in [0.2, 0.25) is 5.16 Å². The number of tetrazole rings is 1. The number of thioether (sulfide) groups is 1. The van der Waals surface area contributed by atoms with E-state index in [2.05, 4.69) is 31.5 Å². The van der Waals surface area contributed by atoms with Crippen molar-refractivity contribution < 1.29 is 8.42 Å². The highest BCUT2D eigenvalue weighted by molar-refractivity contribution is 9.10. The Labute approximate surface area is 158 Å². The van der Waals surface area contributed by atoms with E-state index in [1.807, 2.05) is 31.2 Å². The summed E-state index contributed by atoms with van der Waals surface area (Å²) < 4.78 is 27.2. The van der Waals surface area contributed by atoms with Gasteiger partial charge in [-0.3, -0.25) is 0 Å². The zero-order valence-electron chi connectivity index (χ0n) is 13.3. The second-order valence-corrected chi connectivity index (χ2v) is 9.42. The summed E-state index contributed by atoms with van der Waals surface area (Å²) >= 11 is 4.62. The Hall–Kier alpha value is -1.71. The molecule has 130 valence electrons. The zero-order chi connectivity index (χ0) is 17.9. The molecule has 0 amide bonds. The second-order valence-electron chi connectivity index (χ2n) is 5.33. The van der Waals surface area contributed by atoms with Crippen LogP contribution in [0.15, 0.2) is 63.1 Å². The summed E-state index contributed by atoms with van der Waals surface area (Å²) in [4.78, 5) is 0.314. The van der Waals surface area contributed by atoms with E-state index < -0.39 is 9.84 Å². The molecule has 0 saturated carbocycles. The van der Waals surface area contributed by atoms with Gasteiger partial charge in [-0.25, -0.2) is 8.42 Å². The van der Waals surface area contributed by atoms with E-state index in [0.29, 0.717) is 15.8 Å². The molecule has 2 aromatic carbocycles. The quantitative estimate of drug-likeness (QED) is 0.549. The minimum Gasteiger partial charge on any atom is -0.224 e. The van der Waals surface area contributed by atoms with Gasteiger partial charge in [0.05, 0.1) is 16.3 Å². The van der Waals surface area contributed by atoms with Crippen LogP contribution in [0.1, 0.15) is 5.56 Å². The van der Waals surface area contributed by atoms with Crippen LogP contribution in [0.2, 0.25) is 0 Å². The average Bonchev–Trinajstić information content (AvgIpc) is 3.04. The normalized spacial score (nSPS) is 11.6. The summed E-state index contributed by atoms with van der Waals surface area (Å²) in [6.07, 6.45) is 0. The number of hydrogen-bond acceptors (Lipinski definition) is 6. The van der Waals surface area contributed by atoms with Crippen molar-refractivity contribution in [3.8, 4) is 5.69 Å².